The Labute approximate surface area is 207 Å². The van der Waals surface area contributed by atoms with Crippen LogP contribution in [0.15, 0.2) is 66.1 Å². The van der Waals surface area contributed by atoms with E-state index in [9.17, 15) is 17.6 Å². The van der Waals surface area contributed by atoms with Crippen molar-refractivity contribution >= 4 is 15.9 Å². The Kier molecular flexibility index (Phi) is 6.00. The molecule has 36 heavy (non-hydrogen) atoms. The van der Waals surface area contributed by atoms with Crippen LogP contribution in [0.25, 0.3) is 16.9 Å². The largest absolute Gasteiger partial charge is 0.473 e. The fourth-order valence-electron chi connectivity index (χ4n) is 4.19. The van der Waals surface area contributed by atoms with Crippen LogP contribution in [-0.4, -0.2) is 34.1 Å². The number of aromatic nitrogens is 4. The summed E-state index contributed by atoms with van der Waals surface area (Å²) in [7, 11) is -4.59. The highest BCUT2D eigenvalue weighted by Gasteiger charge is 2.28. The van der Waals surface area contributed by atoms with Gasteiger partial charge in [-0.25, -0.2) is 23.8 Å². The zero-order chi connectivity index (χ0) is 25.4. The standard InChI is InChI=1S/C25H22FN5O4S/c1-15(2)18-6-3-7-19-16-8-10-27-23(11-16)35-14-17-5-4-9-28-24(17)31-13-21(26)25(29-31)36(33,34)30-22(32)12-20(18)19/h3-11,13,15H,12,14H2,1-2H3,(H,30,32). The van der Waals surface area contributed by atoms with Crippen molar-refractivity contribution in [2.45, 2.75) is 37.8 Å². The van der Waals surface area contributed by atoms with E-state index in [-0.39, 0.29) is 24.8 Å². The van der Waals surface area contributed by atoms with Gasteiger partial charge in [-0.05, 0) is 40.3 Å². The Morgan fingerprint density at radius 2 is 1.94 bits per heavy atom. The molecule has 4 heterocycles. The van der Waals surface area contributed by atoms with E-state index in [0.29, 0.717) is 17.0 Å². The Morgan fingerprint density at radius 1 is 1.11 bits per heavy atom. The van der Waals surface area contributed by atoms with Crippen molar-refractivity contribution < 1.29 is 22.3 Å². The maximum atomic E-state index is 14.8. The fraction of sp³-hybridized carbons (Fsp3) is 0.200. The van der Waals surface area contributed by atoms with Crippen LogP contribution in [0.4, 0.5) is 4.39 Å². The van der Waals surface area contributed by atoms with Crippen molar-refractivity contribution in [3.63, 3.8) is 0 Å². The van der Waals surface area contributed by atoms with E-state index in [4.69, 9.17) is 4.74 Å². The Bertz CT molecular complexity index is 1580. The van der Waals surface area contributed by atoms with E-state index >= 15 is 0 Å². The minimum Gasteiger partial charge on any atom is -0.473 e. The number of pyridine rings is 2. The number of nitrogens with zero attached hydrogens (tertiary/aromatic N) is 4. The third-order valence-electron chi connectivity index (χ3n) is 5.82. The first-order valence-electron chi connectivity index (χ1n) is 11.2. The molecule has 0 saturated heterocycles. The van der Waals surface area contributed by atoms with Gasteiger partial charge in [0.05, 0.1) is 12.6 Å². The minimum atomic E-state index is -4.59. The average molecular weight is 508 g/mol. The summed E-state index contributed by atoms with van der Waals surface area (Å²) in [6.45, 7) is 3.99. The van der Waals surface area contributed by atoms with Gasteiger partial charge in [0.15, 0.2) is 11.6 Å². The number of sulfonamides is 1. The van der Waals surface area contributed by atoms with Crippen LogP contribution >= 0.6 is 0 Å². The summed E-state index contributed by atoms with van der Waals surface area (Å²) in [5.41, 5.74) is 3.56. The van der Waals surface area contributed by atoms with Crippen LogP contribution < -0.4 is 9.46 Å². The molecule has 0 saturated carbocycles. The van der Waals surface area contributed by atoms with E-state index in [1.807, 2.05) is 36.8 Å². The predicted molar refractivity (Wildman–Crippen MR) is 128 cm³/mol. The highest BCUT2D eigenvalue weighted by molar-refractivity contribution is 7.90. The molecule has 0 aliphatic carbocycles. The summed E-state index contributed by atoms with van der Waals surface area (Å²) in [5.74, 6) is -1.35. The van der Waals surface area contributed by atoms with Crippen LogP contribution in [0.3, 0.4) is 0 Å². The Hall–Kier alpha value is -4.12. The van der Waals surface area contributed by atoms with Crippen LogP contribution in [0, 0.1) is 5.82 Å². The normalized spacial score (nSPS) is 14.9. The lowest BCUT2D eigenvalue weighted by molar-refractivity contribution is -0.118. The lowest BCUT2D eigenvalue weighted by Crippen LogP contribution is -2.33. The number of benzene rings is 1. The zero-order valence-corrected chi connectivity index (χ0v) is 20.3. The quantitative estimate of drug-likeness (QED) is 0.419. The minimum absolute atomic E-state index is 0.0266. The lowest BCUT2D eigenvalue weighted by Gasteiger charge is -2.18. The number of carbonyl (C=O) groups is 1. The molecule has 9 nitrogen and oxygen atoms in total. The molecule has 4 bridgehead atoms. The molecule has 3 aromatic heterocycles. The molecule has 1 aromatic carbocycles. The van der Waals surface area contributed by atoms with Gasteiger partial charge in [0.2, 0.25) is 16.8 Å². The van der Waals surface area contributed by atoms with Gasteiger partial charge in [0.25, 0.3) is 10.0 Å². The summed E-state index contributed by atoms with van der Waals surface area (Å²) in [4.78, 5) is 21.5. The smallest absolute Gasteiger partial charge is 0.286 e. The van der Waals surface area contributed by atoms with Crippen LogP contribution in [0.1, 0.15) is 36.5 Å². The zero-order valence-electron chi connectivity index (χ0n) is 19.5. The number of nitrogens with one attached hydrogen (secondary N) is 1. The molecule has 0 radical (unpaired) electrons. The Balaban J connectivity index is 1.70. The average Bonchev–Trinajstić information content (AvgIpc) is 3.24. The summed E-state index contributed by atoms with van der Waals surface area (Å²) in [5, 5.41) is 2.99. The lowest BCUT2D eigenvalue weighted by atomic mass is 9.88. The summed E-state index contributed by atoms with van der Waals surface area (Å²) in [6.07, 6.45) is 3.72. The van der Waals surface area contributed by atoms with Crippen molar-refractivity contribution in [2.75, 3.05) is 0 Å². The second-order valence-corrected chi connectivity index (χ2v) is 10.2. The van der Waals surface area contributed by atoms with E-state index in [0.717, 1.165) is 27.6 Å². The summed E-state index contributed by atoms with van der Waals surface area (Å²) >= 11 is 0. The number of fused-ring (bicyclic) bond motifs is 8. The molecule has 0 unspecified atom stereocenters. The van der Waals surface area contributed by atoms with Crippen molar-refractivity contribution in [1.29, 1.82) is 0 Å². The van der Waals surface area contributed by atoms with Crippen molar-refractivity contribution in [2.24, 2.45) is 0 Å². The molecule has 1 amide bonds. The molecular formula is C25H22FN5O4S. The molecule has 4 aromatic rings. The number of hydrogen-bond acceptors (Lipinski definition) is 7. The summed E-state index contributed by atoms with van der Waals surface area (Å²) in [6, 6.07) is 12.6. The van der Waals surface area contributed by atoms with Crippen molar-refractivity contribution in [3.8, 4) is 22.8 Å². The molecule has 0 fully saturated rings. The topological polar surface area (TPSA) is 116 Å². The van der Waals surface area contributed by atoms with Crippen LogP contribution in [-0.2, 0) is 27.8 Å². The van der Waals surface area contributed by atoms with Gasteiger partial charge in [-0.15, -0.1) is 5.10 Å². The van der Waals surface area contributed by atoms with Crippen molar-refractivity contribution in [3.05, 3.63) is 83.6 Å². The predicted octanol–water partition coefficient (Wildman–Crippen LogP) is 3.53. The first kappa shape index (κ1) is 23.6. The first-order chi connectivity index (χ1) is 17.2. The number of ether oxygens (including phenoxy) is 1. The maximum Gasteiger partial charge on any atom is 0.286 e. The molecule has 184 valence electrons. The van der Waals surface area contributed by atoms with Gasteiger partial charge in [0.1, 0.15) is 6.61 Å². The number of carbonyl (C=O) groups excluding carboxylic acids is 1. The maximum absolute atomic E-state index is 14.8. The molecular weight excluding hydrogens is 485 g/mol. The molecule has 1 aliphatic heterocycles. The molecule has 0 atom stereocenters. The van der Waals surface area contributed by atoms with Gasteiger partial charge in [-0.1, -0.05) is 38.1 Å². The second-order valence-electron chi connectivity index (χ2n) is 8.62. The number of hydrogen-bond donors (Lipinski definition) is 1. The number of amides is 1. The molecule has 11 heteroatoms. The van der Waals surface area contributed by atoms with Gasteiger partial charge < -0.3 is 4.74 Å². The fourth-order valence-corrected chi connectivity index (χ4v) is 5.17. The van der Waals surface area contributed by atoms with Gasteiger partial charge in [-0.3, -0.25) is 4.79 Å². The van der Waals surface area contributed by atoms with E-state index < -0.39 is 26.8 Å². The third kappa shape index (κ3) is 4.44. The van der Waals surface area contributed by atoms with Gasteiger partial charge >= 0.3 is 0 Å². The summed E-state index contributed by atoms with van der Waals surface area (Å²) < 4.78 is 49.5. The van der Waals surface area contributed by atoms with E-state index in [1.165, 1.54) is 6.20 Å². The second kappa shape index (κ2) is 9.15. The van der Waals surface area contributed by atoms with Gasteiger partial charge in [-0.2, -0.15) is 8.42 Å². The van der Waals surface area contributed by atoms with E-state index in [2.05, 4.69) is 15.1 Å². The SMILES string of the molecule is CC(C)c1cccc2c1CC(=O)NS(=O)(=O)c1nn(cc1F)-c1ncccc1COc1cc-2ccn1. The van der Waals surface area contributed by atoms with Crippen LogP contribution in [0.2, 0.25) is 0 Å². The number of halogens is 1. The molecule has 1 aliphatic rings. The molecule has 5 rings (SSSR count). The van der Waals surface area contributed by atoms with Gasteiger partial charge in [0, 0.05) is 24.0 Å². The highest BCUT2D eigenvalue weighted by atomic mass is 32.2. The van der Waals surface area contributed by atoms with Crippen molar-refractivity contribution in [1.82, 2.24) is 24.5 Å². The monoisotopic (exact) mass is 507 g/mol. The number of rotatable bonds is 1. The van der Waals surface area contributed by atoms with Crippen LogP contribution in [0.5, 0.6) is 5.88 Å². The van der Waals surface area contributed by atoms with E-state index in [1.54, 1.807) is 30.5 Å². The first-order valence-corrected chi connectivity index (χ1v) is 12.7. The third-order valence-corrected chi connectivity index (χ3v) is 7.10. The highest BCUT2D eigenvalue weighted by Crippen LogP contribution is 2.32. The molecule has 0 spiro atoms. The Morgan fingerprint density at radius 3 is 2.75 bits per heavy atom. The molecule has 1 N–H and O–H groups in total.